The fraction of sp³-hybridized carbons (Fsp3) is 0.143. The summed E-state index contributed by atoms with van der Waals surface area (Å²) in [6.45, 7) is 0.620. The van der Waals surface area contributed by atoms with Gasteiger partial charge in [-0.3, -0.25) is 5.41 Å². The molecule has 0 unspecified atom stereocenters. The van der Waals surface area contributed by atoms with Gasteiger partial charge in [-0.2, -0.15) is 0 Å². The number of aliphatic hydroxyl groups is 1. The SMILES string of the molecule is N=c1c2c(-c3ccccc3)c(-c3ccccc3)oc2ncn1CCCO. The van der Waals surface area contributed by atoms with Gasteiger partial charge < -0.3 is 14.1 Å². The van der Waals surface area contributed by atoms with Gasteiger partial charge in [-0.05, 0) is 12.0 Å². The van der Waals surface area contributed by atoms with Crippen molar-refractivity contribution in [2.24, 2.45) is 0 Å². The lowest BCUT2D eigenvalue weighted by Crippen LogP contribution is -2.21. The Balaban J connectivity index is 2.03. The second kappa shape index (κ2) is 6.98. The van der Waals surface area contributed by atoms with Gasteiger partial charge in [0.15, 0.2) is 0 Å². The predicted octanol–water partition coefficient (Wildman–Crippen LogP) is 3.83. The van der Waals surface area contributed by atoms with Gasteiger partial charge in [0.05, 0.1) is 5.39 Å². The van der Waals surface area contributed by atoms with Crippen LogP contribution in [0.2, 0.25) is 0 Å². The molecule has 0 bridgehead atoms. The van der Waals surface area contributed by atoms with Crippen LogP contribution in [0.15, 0.2) is 71.4 Å². The summed E-state index contributed by atoms with van der Waals surface area (Å²) in [5.41, 5.74) is 3.61. The molecule has 2 aromatic heterocycles. The minimum absolute atomic E-state index is 0.0800. The summed E-state index contributed by atoms with van der Waals surface area (Å²) in [5, 5.41) is 18.5. The number of furan rings is 1. The summed E-state index contributed by atoms with van der Waals surface area (Å²) >= 11 is 0. The van der Waals surface area contributed by atoms with Crippen molar-refractivity contribution < 1.29 is 9.52 Å². The van der Waals surface area contributed by atoms with Crippen LogP contribution in [0.4, 0.5) is 0 Å². The van der Waals surface area contributed by atoms with E-state index in [1.165, 1.54) is 0 Å². The van der Waals surface area contributed by atoms with Crippen molar-refractivity contribution in [2.45, 2.75) is 13.0 Å². The fourth-order valence-corrected chi connectivity index (χ4v) is 3.14. The van der Waals surface area contributed by atoms with E-state index in [1.807, 2.05) is 60.7 Å². The maximum Gasteiger partial charge on any atom is 0.232 e. The van der Waals surface area contributed by atoms with Crippen LogP contribution in [0.3, 0.4) is 0 Å². The number of nitrogens with zero attached hydrogens (tertiary/aromatic N) is 2. The molecule has 0 saturated heterocycles. The number of aromatic nitrogens is 2. The van der Waals surface area contributed by atoms with E-state index >= 15 is 0 Å². The number of benzene rings is 2. The van der Waals surface area contributed by atoms with E-state index in [-0.39, 0.29) is 6.61 Å². The number of rotatable bonds is 5. The van der Waals surface area contributed by atoms with Crippen molar-refractivity contribution >= 4 is 11.1 Å². The smallest absolute Gasteiger partial charge is 0.232 e. The van der Waals surface area contributed by atoms with Gasteiger partial charge in [0.1, 0.15) is 17.6 Å². The van der Waals surface area contributed by atoms with Crippen molar-refractivity contribution in [2.75, 3.05) is 6.61 Å². The third kappa shape index (κ3) is 2.82. The maximum atomic E-state index is 9.10. The highest BCUT2D eigenvalue weighted by molar-refractivity contribution is 5.99. The molecular weight excluding hydrogens is 326 g/mol. The van der Waals surface area contributed by atoms with Crippen molar-refractivity contribution in [1.82, 2.24) is 9.55 Å². The van der Waals surface area contributed by atoms with E-state index in [2.05, 4.69) is 4.98 Å². The molecule has 0 aliphatic heterocycles. The van der Waals surface area contributed by atoms with Gasteiger partial charge in [0.25, 0.3) is 0 Å². The fourth-order valence-electron chi connectivity index (χ4n) is 3.14. The molecule has 0 spiro atoms. The first-order chi connectivity index (χ1) is 12.8. The van der Waals surface area contributed by atoms with E-state index in [4.69, 9.17) is 14.9 Å². The van der Waals surface area contributed by atoms with Gasteiger partial charge in [-0.1, -0.05) is 60.7 Å². The molecule has 0 aliphatic rings. The number of nitrogens with one attached hydrogen (secondary N) is 1. The van der Waals surface area contributed by atoms with Gasteiger partial charge in [0.2, 0.25) is 5.71 Å². The summed E-state index contributed by atoms with van der Waals surface area (Å²) in [7, 11) is 0. The van der Waals surface area contributed by atoms with E-state index in [0.717, 1.165) is 16.7 Å². The Morgan fingerprint density at radius 2 is 1.62 bits per heavy atom. The highest BCUT2D eigenvalue weighted by Gasteiger charge is 2.20. The molecule has 5 nitrogen and oxygen atoms in total. The number of fused-ring (bicyclic) bond motifs is 1. The van der Waals surface area contributed by atoms with Gasteiger partial charge in [0, 0.05) is 24.3 Å². The lowest BCUT2D eigenvalue weighted by molar-refractivity contribution is 0.278. The molecule has 2 aromatic carbocycles. The second-order valence-corrected chi connectivity index (χ2v) is 6.08. The van der Waals surface area contributed by atoms with Gasteiger partial charge in [-0.25, -0.2) is 4.98 Å². The highest BCUT2D eigenvalue weighted by Crippen LogP contribution is 2.38. The third-order valence-electron chi connectivity index (χ3n) is 4.38. The lowest BCUT2D eigenvalue weighted by Gasteiger charge is -2.07. The first-order valence-electron chi connectivity index (χ1n) is 8.58. The molecule has 2 N–H and O–H groups in total. The third-order valence-corrected chi connectivity index (χ3v) is 4.38. The minimum atomic E-state index is 0.0800. The first-order valence-corrected chi connectivity index (χ1v) is 8.58. The number of hydrogen-bond donors (Lipinski definition) is 2. The van der Waals surface area contributed by atoms with Crippen LogP contribution in [0.25, 0.3) is 33.6 Å². The molecule has 0 amide bonds. The Bertz CT molecular complexity index is 1080. The van der Waals surface area contributed by atoms with Crippen LogP contribution < -0.4 is 5.49 Å². The number of aryl methyl sites for hydroxylation is 1. The predicted molar refractivity (Wildman–Crippen MR) is 100 cm³/mol. The molecule has 0 saturated carbocycles. The summed E-state index contributed by atoms with van der Waals surface area (Å²) in [4.78, 5) is 4.42. The lowest BCUT2D eigenvalue weighted by atomic mass is 10.00. The van der Waals surface area contributed by atoms with Crippen molar-refractivity contribution in [3.05, 3.63) is 72.5 Å². The first kappa shape index (κ1) is 16.3. The second-order valence-electron chi connectivity index (χ2n) is 6.08. The summed E-state index contributed by atoms with van der Waals surface area (Å²) in [6, 6.07) is 19.8. The minimum Gasteiger partial charge on any atom is -0.437 e. The Hall–Kier alpha value is -3.18. The zero-order valence-corrected chi connectivity index (χ0v) is 14.2. The molecule has 4 aromatic rings. The molecule has 5 heteroatoms. The Kier molecular flexibility index (Phi) is 4.37. The molecule has 4 rings (SSSR count). The van der Waals surface area contributed by atoms with E-state index in [9.17, 15) is 0 Å². The van der Waals surface area contributed by atoms with Gasteiger partial charge in [-0.15, -0.1) is 0 Å². The van der Waals surface area contributed by atoms with Crippen LogP contribution in [-0.2, 0) is 6.54 Å². The zero-order valence-electron chi connectivity index (χ0n) is 14.2. The largest absolute Gasteiger partial charge is 0.437 e. The van der Waals surface area contributed by atoms with E-state index < -0.39 is 0 Å². The average molecular weight is 345 g/mol. The zero-order chi connectivity index (χ0) is 17.9. The Labute approximate surface area is 150 Å². The molecule has 0 aliphatic carbocycles. The topological polar surface area (TPSA) is 75.0 Å². The van der Waals surface area contributed by atoms with Crippen molar-refractivity contribution in [3.8, 4) is 22.5 Å². The molecule has 2 heterocycles. The van der Waals surface area contributed by atoms with Crippen LogP contribution in [0.1, 0.15) is 6.42 Å². The van der Waals surface area contributed by atoms with Crippen molar-refractivity contribution in [1.29, 1.82) is 5.41 Å². The summed E-state index contributed by atoms with van der Waals surface area (Å²) in [6.07, 6.45) is 2.18. The van der Waals surface area contributed by atoms with Crippen LogP contribution >= 0.6 is 0 Å². The number of hydrogen-bond acceptors (Lipinski definition) is 4. The van der Waals surface area contributed by atoms with E-state index in [0.29, 0.717) is 35.3 Å². The normalized spacial score (nSPS) is 11.1. The molecule has 0 fully saturated rings. The Morgan fingerprint density at radius 3 is 2.27 bits per heavy atom. The summed E-state index contributed by atoms with van der Waals surface area (Å²) in [5.74, 6) is 0.715. The quantitative estimate of drug-likeness (QED) is 0.577. The highest BCUT2D eigenvalue weighted by atomic mass is 16.3. The molecule has 26 heavy (non-hydrogen) atoms. The molecule has 0 atom stereocenters. The number of aliphatic hydroxyl groups excluding tert-OH is 1. The Morgan fingerprint density at radius 1 is 0.962 bits per heavy atom. The maximum absolute atomic E-state index is 9.10. The van der Waals surface area contributed by atoms with Crippen molar-refractivity contribution in [3.63, 3.8) is 0 Å². The molecule has 0 radical (unpaired) electrons. The van der Waals surface area contributed by atoms with E-state index in [1.54, 1.807) is 10.9 Å². The molecular formula is C21H19N3O2. The van der Waals surface area contributed by atoms with Crippen LogP contribution in [0, 0.1) is 5.41 Å². The monoisotopic (exact) mass is 345 g/mol. The van der Waals surface area contributed by atoms with Gasteiger partial charge >= 0.3 is 0 Å². The standard InChI is InChI=1S/C21H19N3O2/c22-20-18-17(15-8-3-1-4-9-15)19(16-10-5-2-6-11-16)26-21(18)23-14-24(20)12-7-13-25/h1-6,8-11,14,22,25H,7,12-13H2. The summed E-state index contributed by atoms with van der Waals surface area (Å²) < 4.78 is 7.83. The molecule has 130 valence electrons. The average Bonchev–Trinajstić information content (AvgIpc) is 3.09. The van der Waals surface area contributed by atoms with Crippen LogP contribution in [-0.4, -0.2) is 21.3 Å². The van der Waals surface area contributed by atoms with Crippen LogP contribution in [0.5, 0.6) is 0 Å².